The molecule has 3 rings (SSSR count). The molecule has 0 aliphatic carbocycles. The van der Waals surface area contributed by atoms with E-state index in [4.69, 9.17) is 0 Å². The smallest absolute Gasteiger partial charge is 0.170 e. The average molecular weight is 340 g/mol. The predicted molar refractivity (Wildman–Crippen MR) is 91.3 cm³/mol. The lowest BCUT2D eigenvalue weighted by atomic mass is 10.3. The molecule has 0 heterocycles. The molecule has 122 valence electrons. The third-order valence-electron chi connectivity index (χ3n) is 3.75. The monoisotopic (exact) mass is 340 g/mol. The Hall–Kier alpha value is -2.59. The zero-order valence-corrected chi connectivity index (χ0v) is 13.5. The van der Waals surface area contributed by atoms with Crippen molar-refractivity contribution in [3.8, 4) is 5.75 Å². The fourth-order valence-electron chi connectivity index (χ4n) is 2.58. The topological polar surface area (TPSA) is 83.8 Å². The van der Waals surface area contributed by atoms with Crippen molar-refractivity contribution < 1.29 is 20.1 Å². The first-order valence-electron chi connectivity index (χ1n) is 7.24. The summed E-state index contributed by atoms with van der Waals surface area (Å²) in [4.78, 5) is 0. The molecular formula is C18H15NO4P-. The van der Waals surface area contributed by atoms with E-state index in [0.29, 0.717) is 10.6 Å². The van der Waals surface area contributed by atoms with Gasteiger partial charge in [-0.25, -0.2) is 0 Å². The summed E-state index contributed by atoms with van der Waals surface area (Å²) in [6.45, 7) is 0. The van der Waals surface area contributed by atoms with Gasteiger partial charge < -0.3 is 9.67 Å². The molecule has 0 fully saturated rings. The van der Waals surface area contributed by atoms with Crippen molar-refractivity contribution in [1.82, 2.24) is 0 Å². The molecule has 0 saturated heterocycles. The Labute approximate surface area is 139 Å². The zero-order chi connectivity index (χ0) is 17.2. The number of rotatable bonds is 4. The number of hydrogen-bond donors (Lipinski definition) is 2. The molecule has 0 bridgehead atoms. The average Bonchev–Trinajstić information content (AvgIpc) is 2.62. The Bertz CT molecular complexity index is 839. The maximum atomic E-state index is 14.0. The molecule has 5 nitrogen and oxygen atoms in total. The second-order valence-corrected chi connectivity index (χ2v) is 7.95. The van der Waals surface area contributed by atoms with E-state index in [9.17, 15) is 20.1 Å². The number of hydrogen-bond acceptors (Lipinski definition) is 5. The van der Waals surface area contributed by atoms with E-state index >= 15 is 0 Å². The Morgan fingerprint density at radius 3 is 1.75 bits per heavy atom. The van der Waals surface area contributed by atoms with Gasteiger partial charge in [-0.2, -0.15) is 0 Å². The first kappa shape index (κ1) is 16.3. The van der Waals surface area contributed by atoms with Crippen LogP contribution >= 0.6 is 7.14 Å². The lowest BCUT2D eigenvalue weighted by Crippen LogP contribution is -2.28. The zero-order valence-electron chi connectivity index (χ0n) is 12.6. The van der Waals surface area contributed by atoms with Gasteiger partial charge in [-0.3, -0.25) is 10.4 Å². The standard InChI is InChI=1S/C18H16NO4P/c20-17-12-11-14(19(21)22)13-18(17)24(23,15-7-3-1-4-8-15)16-9-5-2-6-10-16/h1-13,20-22H/p-1. The van der Waals surface area contributed by atoms with Crippen LogP contribution in [0.5, 0.6) is 5.75 Å². The Balaban J connectivity index is 2.32. The second kappa shape index (κ2) is 6.49. The third-order valence-corrected chi connectivity index (χ3v) is 6.83. The maximum absolute atomic E-state index is 14.0. The summed E-state index contributed by atoms with van der Waals surface area (Å²) in [5.74, 6) is -0.420. The highest BCUT2D eigenvalue weighted by Crippen LogP contribution is 2.44. The molecule has 0 saturated carbocycles. The van der Waals surface area contributed by atoms with Crippen LogP contribution in [-0.4, -0.2) is 10.4 Å². The van der Waals surface area contributed by atoms with Crippen LogP contribution in [-0.2, 0) is 4.57 Å². The summed E-state index contributed by atoms with van der Waals surface area (Å²) < 4.78 is 14.0. The molecule has 0 unspecified atom stereocenters. The van der Waals surface area contributed by atoms with Crippen molar-refractivity contribution in [2.75, 3.05) is 5.23 Å². The maximum Gasteiger partial charge on any atom is 0.170 e. The van der Waals surface area contributed by atoms with Crippen molar-refractivity contribution in [2.45, 2.75) is 0 Å². The normalized spacial score (nSPS) is 11.2. The number of anilines is 1. The molecular weight excluding hydrogens is 325 g/mol. The molecule has 24 heavy (non-hydrogen) atoms. The van der Waals surface area contributed by atoms with Crippen molar-refractivity contribution in [2.24, 2.45) is 0 Å². The van der Waals surface area contributed by atoms with Crippen molar-refractivity contribution in [1.29, 1.82) is 0 Å². The fraction of sp³-hybridized carbons (Fsp3) is 0. The SMILES string of the molecule is O=P(c1ccccc1)(c1ccccc1)c1cc(N(O)O)ccc1[O-]. The van der Waals surface area contributed by atoms with Crippen LogP contribution in [0.1, 0.15) is 0 Å². The van der Waals surface area contributed by atoms with E-state index in [-0.39, 0.29) is 16.2 Å². The van der Waals surface area contributed by atoms with Gasteiger partial charge in [0.05, 0.1) is 5.69 Å². The van der Waals surface area contributed by atoms with E-state index in [1.807, 2.05) is 0 Å². The largest absolute Gasteiger partial charge is 0.872 e. The Morgan fingerprint density at radius 2 is 1.29 bits per heavy atom. The number of benzene rings is 3. The molecule has 0 atom stereocenters. The quantitative estimate of drug-likeness (QED) is 0.560. The van der Waals surface area contributed by atoms with Gasteiger partial charge in [-0.15, -0.1) is 5.23 Å². The van der Waals surface area contributed by atoms with Gasteiger partial charge >= 0.3 is 0 Å². The van der Waals surface area contributed by atoms with Gasteiger partial charge in [-0.05, 0) is 12.1 Å². The molecule has 0 amide bonds. The Morgan fingerprint density at radius 1 is 0.792 bits per heavy atom. The van der Waals surface area contributed by atoms with Crippen LogP contribution in [0.25, 0.3) is 0 Å². The van der Waals surface area contributed by atoms with Gasteiger partial charge in [0.1, 0.15) is 0 Å². The Kier molecular flexibility index (Phi) is 4.40. The molecule has 6 heteroatoms. The van der Waals surface area contributed by atoms with Crippen LogP contribution in [0.3, 0.4) is 0 Å². The summed E-state index contributed by atoms with van der Waals surface area (Å²) in [6, 6.07) is 21.1. The van der Waals surface area contributed by atoms with Crippen LogP contribution in [0, 0.1) is 0 Å². The van der Waals surface area contributed by atoms with Crippen LogP contribution < -0.4 is 26.2 Å². The molecule has 0 aliphatic heterocycles. The van der Waals surface area contributed by atoms with Gasteiger partial charge in [0.25, 0.3) is 0 Å². The van der Waals surface area contributed by atoms with E-state index in [0.717, 1.165) is 0 Å². The van der Waals surface area contributed by atoms with Gasteiger partial charge in [0.2, 0.25) is 0 Å². The predicted octanol–water partition coefficient (Wildman–Crippen LogP) is 1.98. The minimum absolute atomic E-state index is 0.0308. The van der Waals surface area contributed by atoms with Crippen LogP contribution in [0.15, 0.2) is 78.9 Å². The molecule has 0 spiro atoms. The van der Waals surface area contributed by atoms with Crippen molar-refractivity contribution in [3.05, 3.63) is 78.9 Å². The highest BCUT2D eigenvalue weighted by atomic mass is 31.2. The lowest BCUT2D eigenvalue weighted by molar-refractivity contribution is -0.266. The second-order valence-electron chi connectivity index (χ2n) is 5.22. The van der Waals surface area contributed by atoms with E-state index < -0.39 is 12.9 Å². The van der Waals surface area contributed by atoms with Gasteiger partial charge in [0.15, 0.2) is 7.14 Å². The molecule has 3 aromatic carbocycles. The summed E-state index contributed by atoms with van der Waals surface area (Å²) in [5.41, 5.74) is -0.0308. The number of nitrogens with zero attached hydrogens (tertiary/aromatic N) is 1. The molecule has 0 radical (unpaired) electrons. The molecule has 0 aromatic heterocycles. The third kappa shape index (κ3) is 2.81. The summed E-state index contributed by atoms with van der Waals surface area (Å²) >= 11 is 0. The highest BCUT2D eigenvalue weighted by Gasteiger charge is 2.30. The van der Waals surface area contributed by atoms with E-state index in [2.05, 4.69) is 0 Å². The van der Waals surface area contributed by atoms with E-state index in [1.165, 1.54) is 18.2 Å². The highest BCUT2D eigenvalue weighted by molar-refractivity contribution is 7.85. The molecule has 3 aromatic rings. The summed E-state index contributed by atoms with van der Waals surface area (Å²) in [7, 11) is -3.44. The van der Waals surface area contributed by atoms with Crippen molar-refractivity contribution >= 4 is 28.7 Å². The minimum Gasteiger partial charge on any atom is -0.872 e. The minimum atomic E-state index is -3.44. The van der Waals surface area contributed by atoms with Crippen LogP contribution in [0.2, 0.25) is 0 Å². The lowest BCUT2D eigenvalue weighted by Gasteiger charge is -2.25. The molecule has 2 N–H and O–H groups in total. The van der Waals surface area contributed by atoms with Crippen molar-refractivity contribution in [3.63, 3.8) is 0 Å². The van der Waals surface area contributed by atoms with Gasteiger partial charge in [-0.1, -0.05) is 72.5 Å². The fourth-order valence-corrected chi connectivity index (χ4v) is 5.32. The van der Waals surface area contributed by atoms with E-state index in [1.54, 1.807) is 60.7 Å². The molecule has 0 aliphatic rings. The summed E-state index contributed by atoms with van der Waals surface area (Å²) in [6.07, 6.45) is 0. The first-order chi connectivity index (χ1) is 11.5. The van der Waals surface area contributed by atoms with Gasteiger partial charge in [0, 0.05) is 15.9 Å². The van der Waals surface area contributed by atoms with Crippen LogP contribution in [0.4, 0.5) is 5.69 Å². The first-order valence-corrected chi connectivity index (χ1v) is 8.95. The summed E-state index contributed by atoms with van der Waals surface area (Å²) in [5, 5.41) is 31.9.